The van der Waals surface area contributed by atoms with Crippen LogP contribution >= 0.6 is 35.1 Å². The van der Waals surface area contributed by atoms with E-state index in [-0.39, 0.29) is 0 Å². The van der Waals surface area contributed by atoms with E-state index in [0.29, 0.717) is 5.82 Å². The first-order valence-electron chi connectivity index (χ1n) is 6.95. The lowest BCUT2D eigenvalue weighted by Gasteiger charge is -2.07. The van der Waals surface area contributed by atoms with Gasteiger partial charge in [-0.2, -0.15) is 11.8 Å². The molecule has 0 atom stereocenters. The summed E-state index contributed by atoms with van der Waals surface area (Å²) >= 11 is 9.29. The topological polar surface area (TPSA) is 38.7 Å². The molecule has 0 radical (unpaired) electrons. The minimum atomic E-state index is 0.709. The lowest BCUT2D eigenvalue weighted by Crippen LogP contribution is -1.96. The SMILES string of the molecule is CSCc1cc(Sc2ccc(Cl)cc2)nc(-c2cccnc2)n1. The zero-order valence-electron chi connectivity index (χ0n) is 12.4. The van der Waals surface area contributed by atoms with Crippen LogP contribution in [-0.4, -0.2) is 21.2 Å². The predicted octanol–water partition coefficient (Wildman–Crippen LogP) is 5.21. The normalized spacial score (nSPS) is 10.7. The molecule has 2 heterocycles. The average molecular weight is 360 g/mol. The first kappa shape index (κ1) is 16.3. The van der Waals surface area contributed by atoms with Crippen molar-refractivity contribution in [3.63, 3.8) is 0 Å². The van der Waals surface area contributed by atoms with Gasteiger partial charge in [-0.05, 0) is 48.7 Å². The number of thioether (sulfide) groups is 1. The molecule has 6 heteroatoms. The van der Waals surface area contributed by atoms with Gasteiger partial charge in [0.25, 0.3) is 0 Å². The third-order valence-corrected chi connectivity index (χ3v) is 4.77. The van der Waals surface area contributed by atoms with Crippen LogP contribution in [0.4, 0.5) is 0 Å². The molecule has 0 bridgehead atoms. The van der Waals surface area contributed by atoms with E-state index in [1.54, 1.807) is 35.9 Å². The van der Waals surface area contributed by atoms with Crippen molar-refractivity contribution >= 4 is 35.1 Å². The Hall–Kier alpha value is -1.56. The Morgan fingerprint density at radius 1 is 1.09 bits per heavy atom. The van der Waals surface area contributed by atoms with Crippen molar-refractivity contribution in [2.24, 2.45) is 0 Å². The lowest BCUT2D eigenvalue weighted by atomic mass is 10.2. The van der Waals surface area contributed by atoms with Crippen molar-refractivity contribution in [2.75, 3.05) is 6.26 Å². The first-order chi connectivity index (χ1) is 11.2. The molecule has 0 aliphatic rings. The molecular formula is C17H14ClN3S2. The van der Waals surface area contributed by atoms with Crippen LogP contribution in [-0.2, 0) is 5.75 Å². The molecule has 2 aromatic heterocycles. The van der Waals surface area contributed by atoms with Gasteiger partial charge in [0.2, 0.25) is 0 Å². The molecule has 3 nitrogen and oxygen atoms in total. The summed E-state index contributed by atoms with van der Waals surface area (Å²) in [5.74, 6) is 1.56. The highest BCUT2D eigenvalue weighted by Crippen LogP contribution is 2.29. The van der Waals surface area contributed by atoms with Gasteiger partial charge in [-0.1, -0.05) is 23.4 Å². The van der Waals surface area contributed by atoms with Gasteiger partial charge in [0.1, 0.15) is 5.03 Å². The van der Waals surface area contributed by atoms with Gasteiger partial charge in [-0.25, -0.2) is 9.97 Å². The number of halogens is 1. The Bertz CT molecular complexity index is 780. The quantitative estimate of drug-likeness (QED) is 0.585. The number of pyridine rings is 1. The van der Waals surface area contributed by atoms with Crippen molar-refractivity contribution in [3.05, 3.63) is 65.6 Å². The van der Waals surface area contributed by atoms with E-state index in [2.05, 4.69) is 21.2 Å². The van der Waals surface area contributed by atoms with E-state index in [1.807, 2.05) is 42.5 Å². The van der Waals surface area contributed by atoms with Crippen molar-refractivity contribution < 1.29 is 0 Å². The van der Waals surface area contributed by atoms with Crippen LogP contribution in [0.25, 0.3) is 11.4 Å². The summed E-state index contributed by atoms with van der Waals surface area (Å²) < 4.78 is 0. The lowest BCUT2D eigenvalue weighted by molar-refractivity contribution is 1.01. The summed E-state index contributed by atoms with van der Waals surface area (Å²) in [5, 5.41) is 1.65. The Balaban J connectivity index is 1.95. The maximum Gasteiger partial charge on any atom is 0.162 e. The molecule has 0 aliphatic carbocycles. The molecule has 0 amide bonds. The van der Waals surface area contributed by atoms with Gasteiger partial charge in [-0.3, -0.25) is 4.98 Å². The summed E-state index contributed by atoms with van der Waals surface area (Å²) in [7, 11) is 0. The molecule has 3 aromatic rings. The Labute approximate surface area is 148 Å². The van der Waals surface area contributed by atoms with Crippen molar-refractivity contribution in [2.45, 2.75) is 15.7 Å². The highest BCUT2D eigenvalue weighted by Gasteiger charge is 2.08. The van der Waals surface area contributed by atoms with Crippen LogP contribution < -0.4 is 0 Å². The molecule has 0 aliphatic heterocycles. The maximum atomic E-state index is 5.94. The van der Waals surface area contributed by atoms with Crippen LogP contribution in [0.1, 0.15) is 5.69 Å². The first-order valence-corrected chi connectivity index (χ1v) is 9.54. The molecule has 23 heavy (non-hydrogen) atoms. The minimum absolute atomic E-state index is 0.709. The smallest absolute Gasteiger partial charge is 0.162 e. The molecule has 0 saturated carbocycles. The molecule has 0 N–H and O–H groups in total. The molecule has 0 saturated heterocycles. The second-order valence-corrected chi connectivity index (χ2v) is 7.15. The fourth-order valence-electron chi connectivity index (χ4n) is 1.99. The molecule has 0 unspecified atom stereocenters. The molecule has 0 spiro atoms. The molecule has 3 rings (SSSR count). The van der Waals surface area contributed by atoms with E-state index < -0.39 is 0 Å². The van der Waals surface area contributed by atoms with Crippen LogP contribution in [0.2, 0.25) is 5.02 Å². The van der Waals surface area contributed by atoms with Gasteiger partial charge >= 0.3 is 0 Å². The number of nitrogens with zero attached hydrogens (tertiary/aromatic N) is 3. The fraction of sp³-hybridized carbons (Fsp3) is 0.118. The largest absolute Gasteiger partial charge is 0.264 e. The van der Waals surface area contributed by atoms with Crippen molar-refractivity contribution in [1.29, 1.82) is 0 Å². The predicted molar refractivity (Wildman–Crippen MR) is 98.1 cm³/mol. The van der Waals surface area contributed by atoms with Crippen LogP contribution in [0.5, 0.6) is 0 Å². The third-order valence-electron chi connectivity index (χ3n) is 3.00. The summed E-state index contributed by atoms with van der Waals surface area (Å²) in [6, 6.07) is 13.7. The Morgan fingerprint density at radius 3 is 2.61 bits per heavy atom. The Morgan fingerprint density at radius 2 is 1.91 bits per heavy atom. The molecule has 1 aromatic carbocycles. The van der Waals surface area contributed by atoms with Gasteiger partial charge in [0.05, 0.1) is 5.69 Å². The van der Waals surface area contributed by atoms with E-state index in [0.717, 1.165) is 32.0 Å². The second kappa shape index (κ2) is 7.81. The van der Waals surface area contributed by atoms with Crippen LogP contribution in [0.3, 0.4) is 0 Å². The number of aromatic nitrogens is 3. The molecule has 116 valence electrons. The Kier molecular flexibility index (Phi) is 5.54. The van der Waals surface area contributed by atoms with Crippen LogP contribution in [0.15, 0.2) is 64.8 Å². The maximum absolute atomic E-state index is 5.94. The number of benzene rings is 1. The number of hydrogen-bond acceptors (Lipinski definition) is 5. The van der Waals surface area contributed by atoms with E-state index in [4.69, 9.17) is 11.6 Å². The summed E-state index contributed by atoms with van der Waals surface area (Å²) in [6.07, 6.45) is 5.60. The van der Waals surface area contributed by atoms with Gasteiger partial charge < -0.3 is 0 Å². The highest BCUT2D eigenvalue weighted by molar-refractivity contribution is 7.99. The second-order valence-electron chi connectivity index (χ2n) is 4.75. The highest BCUT2D eigenvalue weighted by atomic mass is 35.5. The zero-order chi connectivity index (χ0) is 16.1. The van der Waals surface area contributed by atoms with E-state index >= 15 is 0 Å². The number of hydrogen-bond donors (Lipinski definition) is 0. The molecular weight excluding hydrogens is 346 g/mol. The zero-order valence-corrected chi connectivity index (χ0v) is 14.8. The van der Waals surface area contributed by atoms with Gasteiger partial charge in [0.15, 0.2) is 5.82 Å². The average Bonchev–Trinajstić information content (AvgIpc) is 2.58. The number of rotatable bonds is 5. The monoisotopic (exact) mass is 359 g/mol. The summed E-state index contributed by atoms with van der Waals surface area (Å²) in [4.78, 5) is 14.6. The molecule has 0 fully saturated rings. The minimum Gasteiger partial charge on any atom is -0.264 e. The third kappa shape index (κ3) is 4.47. The summed E-state index contributed by atoms with van der Waals surface area (Å²) in [5.41, 5.74) is 1.94. The fourth-order valence-corrected chi connectivity index (χ4v) is 3.40. The van der Waals surface area contributed by atoms with E-state index in [9.17, 15) is 0 Å². The van der Waals surface area contributed by atoms with Gasteiger partial charge in [-0.15, -0.1) is 0 Å². The van der Waals surface area contributed by atoms with Gasteiger partial charge in [0, 0.05) is 33.6 Å². The summed E-state index contributed by atoms with van der Waals surface area (Å²) in [6.45, 7) is 0. The standard InChI is InChI=1S/C17H14ClN3S2/c1-22-11-14-9-16(23-15-6-4-13(18)5-7-15)21-17(20-14)12-3-2-8-19-10-12/h2-10H,11H2,1H3. The van der Waals surface area contributed by atoms with Crippen molar-refractivity contribution in [3.8, 4) is 11.4 Å². The van der Waals surface area contributed by atoms with E-state index in [1.165, 1.54) is 0 Å². The van der Waals surface area contributed by atoms with Crippen molar-refractivity contribution in [1.82, 2.24) is 15.0 Å². The van der Waals surface area contributed by atoms with Crippen LogP contribution in [0, 0.1) is 0 Å².